The summed E-state index contributed by atoms with van der Waals surface area (Å²) in [6.07, 6.45) is 6.57. The molecule has 0 unspecified atom stereocenters. The zero-order valence-electron chi connectivity index (χ0n) is 18.4. The van der Waals surface area contributed by atoms with Crippen molar-refractivity contribution in [1.82, 2.24) is 34.6 Å². The fourth-order valence-corrected chi connectivity index (χ4v) is 4.35. The maximum atomic E-state index is 13.6. The first kappa shape index (κ1) is 21.7. The van der Waals surface area contributed by atoms with Gasteiger partial charge in [0.1, 0.15) is 5.82 Å². The van der Waals surface area contributed by atoms with Gasteiger partial charge in [-0.2, -0.15) is 9.78 Å². The number of nitrogens with one attached hydrogen (secondary N) is 1. The van der Waals surface area contributed by atoms with Gasteiger partial charge < -0.3 is 9.88 Å². The number of carbonyl (C=O) groups is 1. The van der Waals surface area contributed by atoms with E-state index in [4.69, 9.17) is 4.98 Å². The van der Waals surface area contributed by atoms with Crippen LogP contribution in [0.4, 0.5) is 4.39 Å². The van der Waals surface area contributed by atoms with Crippen LogP contribution < -0.4 is 5.32 Å². The lowest BCUT2D eigenvalue weighted by atomic mass is 10.1. The summed E-state index contributed by atoms with van der Waals surface area (Å²) < 4.78 is 17.0. The molecule has 0 radical (unpaired) electrons. The van der Waals surface area contributed by atoms with Gasteiger partial charge in [0.2, 0.25) is 0 Å². The van der Waals surface area contributed by atoms with E-state index in [0.717, 1.165) is 21.8 Å². The number of thiophene rings is 1. The minimum Gasteiger partial charge on any atom is -0.346 e. The summed E-state index contributed by atoms with van der Waals surface area (Å²) in [5, 5.41) is 9.33. The van der Waals surface area contributed by atoms with Gasteiger partial charge in [0.05, 0.1) is 46.6 Å². The zero-order chi connectivity index (χ0) is 23.7. The molecule has 0 aliphatic rings. The minimum absolute atomic E-state index is 0.299. The predicted octanol–water partition coefficient (Wildman–Crippen LogP) is 4.17. The quantitative estimate of drug-likeness (QED) is 0.400. The van der Waals surface area contributed by atoms with Gasteiger partial charge in [-0.15, -0.1) is 11.3 Å². The summed E-state index contributed by atoms with van der Waals surface area (Å²) in [5.41, 5.74) is 4.00. The number of hydrogen-bond acceptors (Lipinski definition) is 6. The van der Waals surface area contributed by atoms with Gasteiger partial charge in [0.25, 0.3) is 11.9 Å². The second-order valence-corrected chi connectivity index (χ2v) is 8.63. The molecule has 34 heavy (non-hydrogen) atoms. The number of rotatable bonds is 6. The van der Waals surface area contributed by atoms with Crippen molar-refractivity contribution in [2.75, 3.05) is 0 Å². The van der Waals surface area contributed by atoms with Crippen LogP contribution in [0.1, 0.15) is 21.6 Å². The van der Waals surface area contributed by atoms with E-state index in [9.17, 15) is 9.18 Å². The molecule has 0 aliphatic heterocycles. The molecule has 0 fully saturated rings. The molecule has 8 nitrogen and oxygen atoms in total. The zero-order valence-corrected chi connectivity index (χ0v) is 19.3. The molecule has 5 aromatic rings. The van der Waals surface area contributed by atoms with Gasteiger partial charge in [-0.05, 0) is 48.2 Å². The molecule has 0 saturated carbocycles. The topological polar surface area (TPSA) is 90.5 Å². The molecule has 1 aromatic carbocycles. The Balaban J connectivity index is 1.58. The van der Waals surface area contributed by atoms with Crippen molar-refractivity contribution in [3.8, 4) is 27.8 Å². The number of imidazole rings is 1. The smallest absolute Gasteiger partial charge is 0.255 e. The van der Waals surface area contributed by atoms with Crippen LogP contribution in [0.2, 0.25) is 0 Å². The highest BCUT2D eigenvalue weighted by Crippen LogP contribution is 2.29. The van der Waals surface area contributed by atoms with Crippen LogP contribution >= 0.6 is 11.3 Å². The van der Waals surface area contributed by atoms with Crippen molar-refractivity contribution >= 4 is 17.2 Å². The van der Waals surface area contributed by atoms with E-state index < -0.39 is 0 Å². The van der Waals surface area contributed by atoms with Crippen LogP contribution in [0.3, 0.4) is 0 Å². The maximum Gasteiger partial charge on any atom is 0.255 e. The van der Waals surface area contributed by atoms with Crippen molar-refractivity contribution < 1.29 is 9.18 Å². The van der Waals surface area contributed by atoms with E-state index in [0.29, 0.717) is 29.3 Å². The minimum atomic E-state index is -0.372. The lowest BCUT2D eigenvalue weighted by Gasteiger charge is -2.11. The monoisotopic (exact) mass is 473 g/mol. The van der Waals surface area contributed by atoms with Crippen LogP contribution in [-0.2, 0) is 13.6 Å². The van der Waals surface area contributed by atoms with Crippen molar-refractivity contribution in [1.29, 1.82) is 0 Å². The third-order valence-corrected chi connectivity index (χ3v) is 6.26. The van der Waals surface area contributed by atoms with Crippen molar-refractivity contribution in [3.05, 3.63) is 89.3 Å². The lowest BCUT2D eigenvalue weighted by Crippen LogP contribution is -2.24. The standard InChI is InChI=1S/C24H20FN7OS/c1-15-10-28-24(30-21(15)20-4-3-9-34-20)32-22(16-5-7-17(25)8-6-16)19(13-29-32)23(33)27-12-18-11-26-14-31(18)2/h3-11,13-14H,12H2,1-2H3,(H,27,33). The molecule has 170 valence electrons. The fourth-order valence-electron chi connectivity index (χ4n) is 3.57. The second-order valence-electron chi connectivity index (χ2n) is 7.68. The van der Waals surface area contributed by atoms with Crippen LogP contribution in [0.5, 0.6) is 0 Å². The Labute approximate surface area is 198 Å². The molecule has 1 amide bonds. The van der Waals surface area contributed by atoms with E-state index in [-0.39, 0.29) is 11.7 Å². The van der Waals surface area contributed by atoms with E-state index in [1.165, 1.54) is 23.0 Å². The average Bonchev–Trinajstić information content (AvgIpc) is 3.60. The predicted molar refractivity (Wildman–Crippen MR) is 127 cm³/mol. The molecule has 0 saturated heterocycles. The molecular formula is C24H20FN7OS. The highest BCUT2D eigenvalue weighted by atomic mass is 32.1. The summed E-state index contributed by atoms with van der Waals surface area (Å²) in [5.74, 6) is -0.375. The Morgan fingerprint density at radius 3 is 2.68 bits per heavy atom. The summed E-state index contributed by atoms with van der Waals surface area (Å²) in [4.78, 5) is 27.4. The van der Waals surface area contributed by atoms with Crippen molar-refractivity contribution in [2.45, 2.75) is 13.5 Å². The number of nitrogens with zero attached hydrogens (tertiary/aromatic N) is 6. The third kappa shape index (κ3) is 4.11. The molecule has 10 heteroatoms. The molecule has 1 N–H and O–H groups in total. The van der Waals surface area contributed by atoms with Crippen molar-refractivity contribution in [3.63, 3.8) is 0 Å². The normalized spacial score (nSPS) is 11.0. The molecule has 0 atom stereocenters. The van der Waals surface area contributed by atoms with Gasteiger partial charge in [0.15, 0.2) is 0 Å². The molecule has 0 aliphatic carbocycles. The second kappa shape index (κ2) is 8.99. The van der Waals surface area contributed by atoms with Gasteiger partial charge in [-0.1, -0.05) is 6.07 Å². The summed E-state index contributed by atoms with van der Waals surface area (Å²) in [6.45, 7) is 2.24. The van der Waals surface area contributed by atoms with E-state index in [1.807, 2.05) is 36.1 Å². The Bertz CT molecular complexity index is 1460. The maximum absolute atomic E-state index is 13.6. The first-order chi connectivity index (χ1) is 16.5. The van der Waals surface area contributed by atoms with Crippen LogP contribution in [0, 0.1) is 12.7 Å². The van der Waals surface area contributed by atoms with Crippen LogP contribution in [0.25, 0.3) is 27.8 Å². The number of hydrogen-bond donors (Lipinski definition) is 1. The van der Waals surface area contributed by atoms with Gasteiger partial charge in [-0.3, -0.25) is 4.79 Å². The largest absolute Gasteiger partial charge is 0.346 e. The molecule has 4 heterocycles. The fraction of sp³-hybridized carbons (Fsp3) is 0.125. The molecule has 4 aromatic heterocycles. The highest BCUT2D eigenvalue weighted by molar-refractivity contribution is 7.13. The summed E-state index contributed by atoms with van der Waals surface area (Å²) >= 11 is 1.58. The average molecular weight is 474 g/mol. The SMILES string of the molecule is Cc1cnc(-n2ncc(C(=O)NCc3cncn3C)c2-c2ccc(F)cc2)nc1-c1cccs1. The van der Waals surface area contributed by atoms with Crippen molar-refractivity contribution in [2.24, 2.45) is 7.05 Å². The van der Waals surface area contributed by atoms with Crippen LogP contribution in [-0.4, -0.2) is 35.2 Å². The Hall–Kier alpha value is -4.18. The Kier molecular flexibility index (Phi) is 5.72. The van der Waals surface area contributed by atoms with Crippen LogP contribution in [0.15, 0.2) is 66.7 Å². The first-order valence-corrected chi connectivity index (χ1v) is 11.3. The molecule has 0 spiro atoms. The van der Waals surface area contributed by atoms with Gasteiger partial charge >= 0.3 is 0 Å². The van der Waals surface area contributed by atoms with E-state index in [1.54, 1.807) is 42.2 Å². The van der Waals surface area contributed by atoms with E-state index in [2.05, 4.69) is 20.4 Å². The van der Waals surface area contributed by atoms with Gasteiger partial charge in [-0.25, -0.2) is 19.3 Å². The number of benzene rings is 1. The molecular weight excluding hydrogens is 453 g/mol. The number of amides is 1. The molecule has 0 bridgehead atoms. The summed E-state index contributed by atoms with van der Waals surface area (Å²) in [6, 6.07) is 9.85. The highest BCUT2D eigenvalue weighted by Gasteiger charge is 2.22. The Morgan fingerprint density at radius 2 is 1.97 bits per heavy atom. The number of halogens is 1. The summed E-state index contributed by atoms with van der Waals surface area (Å²) in [7, 11) is 1.86. The third-order valence-electron chi connectivity index (χ3n) is 5.38. The number of aromatic nitrogens is 6. The lowest BCUT2D eigenvalue weighted by molar-refractivity contribution is 0.0951. The first-order valence-electron chi connectivity index (χ1n) is 10.5. The van der Waals surface area contributed by atoms with E-state index >= 15 is 0 Å². The van der Waals surface area contributed by atoms with Gasteiger partial charge in [0, 0.05) is 25.0 Å². The number of aryl methyl sites for hydroxylation is 2. The molecule has 5 rings (SSSR count). The Morgan fingerprint density at radius 1 is 1.15 bits per heavy atom. The number of carbonyl (C=O) groups excluding carboxylic acids is 1.